The Morgan fingerprint density at radius 1 is 1.60 bits per heavy atom. The summed E-state index contributed by atoms with van der Waals surface area (Å²) in [6.45, 7) is 3.68. The van der Waals surface area contributed by atoms with Crippen molar-refractivity contribution in [2.75, 3.05) is 26.0 Å². The predicted molar refractivity (Wildman–Crippen MR) is 69.4 cm³/mol. The van der Waals surface area contributed by atoms with Gasteiger partial charge in [0.05, 0.1) is 5.69 Å². The molecule has 84 valence electrons. The Bertz CT molecular complexity index is 322. The molecule has 1 heterocycles. The lowest BCUT2D eigenvalue weighted by atomic mass is 10.5. The number of hydrogen-bond acceptors (Lipinski definition) is 4. The van der Waals surface area contributed by atoms with Crippen LogP contribution in [0.5, 0.6) is 0 Å². The van der Waals surface area contributed by atoms with E-state index in [-0.39, 0.29) is 0 Å². The molecule has 0 radical (unpaired) electrons. The van der Waals surface area contributed by atoms with E-state index in [0.29, 0.717) is 5.11 Å². The van der Waals surface area contributed by atoms with Crippen molar-refractivity contribution >= 4 is 33.8 Å². The van der Waals surface area contributed by atoms with E-state index in [2.05, 4.69) is 20.5 Å². The van der Waals surface area contributed by atoms with Crippen LogP contribution in [0.3, 0.4) is 0 Å². The second-order valence-corrected chi connectivity index (χ2v) is 4.63. The van der Waals surface area contributed by atoms with Crippen LogP contribution in [0.15, 0.2) is 5.38 Å². The third-order valence-electron chi connectivity index (χ3n) is 1.59. The molecule has 1 aromatic rings. The van der Waals surface area contributed by atoms with Crippen molar-refractivity contribution in [3.63, 3.8) is 0 Å². The Morgan fingerprint density at radius 2 is 2.33 bits per heavy atom. The summed E-state index contributed by atoms with van der Waals surface area (Å²) in [4.78, 5) is 6.50. The zero-order valence-electron chi connectivity index (χ0n) is 9.20. The van der Waals surface area contributed by atoms with Crippen LogP contribution in [0, 0.1) is 0 Å². The van der Waals surface area contributed by atoms with Gasteiger partial charge in [0.15, 0.2) is 10.2 Å². The monoisotopic (exact) mass is 244 g/mol. The summed E-state index contributed by atoms with van der Waals surface area (Å²) in [6.07, 6.45) is 0. The largest absolute Gasteiger partial charge is 0.363 e. The lowest BCUT2D eigenvalue weighted by Crippen LogP contribution is -2.27. The van der Waals surface area contributed by atoms with Crippen molar-refractivity contribution in [3.8, 4) is 0 Å². The van der Waals surface area contributed by atoms with E-state index < -0.39 is 0 Å². The Labute approximate surface area is 99.7 Å². The maximum absolute atomic E-state index is 5.07. The summed E-state index contributed by atoms with van der Waals surface area (Å²) in [6, 6.07) is 0. The van der Waals surface area contributed by atoms with Crippen molar-refractivity contribution in [1.29, 1.82) is 0 Å². The molecule has 15 heavy (non-hydrogen) atoms. The summed E-state index contributed by atoms with van der Waals surface area (Å²) in [5.41, 5.74) is 1.06. The minimum Gasteiger partial charge on any atom is -0.363 e. The van der Waals surface area contributed by atoms with Gasteiger partial charge in [-0.1, -0.05) is 0 Å². The second-order valence-electron chi connectivity index (χ2n) is 3.37. The minimum absolute atomic E-state index is 0.628. The zero-order valence-corrected chi connectivity index (χ0v) is 10.8. The first-order chi connectivity index (χ1) is 7.11. The summed E-state index contributed by atoms with van der Waals surface area (Å²) in [5.74, 6) is 0. The fourth-order valence-electron chi connectivity index (χ4n) is 1.06. The fraction of sp³-hybridized carbons (Fsp3) is 0.556. The van der Waals surface area contributed by atoms with Gasteiger partial charge in [-0.3, -0.25) is 0 Å². The molecule has 0 amide bonds. The van der Waals surface area contributed by atoms with Crippen LogP contribution in [0.2, 0.25) is 0 Å². The quantitative estimate of drug-likeness (QED) is 0.786. The Morgan fingerprint density at radius 3 is 2.93 bits per heavy atom. The number of thiocarbonyl (C=S) groups is 1. The van der Waals surface area contributed by atoms with Gasteiger partial charge in [0.25, 0.3) is 0 Å². The molecule has 6 heteroatoms. The molecule has 4 nitrogen and oxygen atoms in total. The first kappa shape index (κ1) is 12.4. The highest BCUT2D eigenvalue weighted by atomic mass is 32.1. The third-order valence-corrected chi connectivity index (χ3v) is 2.64. The van der Waals surface area contributed by atoms with Gasteiger partial charge in [-0.15, -0.1) is 11.3 Å². The number of anilines is 1. The van der Waals surface area contributed by atoms with Gasteiger partial charge in [0.2, 0.25) is 0 Å². The molecule has 0 aliphatic carbocycles. The number of hydrogen-bond donors (Lipinski definition) is 2. The van der Waals surface area contributed by atoms with Crippen LogP contribution in [0.1, 0.15) is 12.6 Å². The molecule has 0 saturated carbocycles. The number of nitrogens with one attached hydrogen (secondary N) is 2. The molecule has 0 fully saturated rings. The van der Waals surface area contributed by atoms with Crippen molar-refractivity contribution in [2.24, 2.45) is 0 Å². The number of thiazole rings is 1. The van der Waals surface area contributed by atoms with Crippen molar-refractivity contribution < 1.29 is 0 Å². The van der Waals surface area contributed by atoms with E-state index in [1.165, 1.54) is 0 Å². The van der Waals surface area contributed by atoms with Gasteiger partial charge in [-0.2, -0.15) is 0 Å². The lowest BCUT2D eigenvalue weighted by molar-refractivity contribution is 0.398. The van der Waals surface area contributed by atoms with E-state index in [1.54, 1.807) is 11.3 Å². The highest BCUT2D eigenvalue weighted by molar-refractivity contribution is 7.80. The standard InChI is InChI=1S/C9H16N4S2/c1-4-10-8(14)12-9-11-7(6-15-9)5-13(2)3/h6H,4-5H2,1-3H3,(H2,10,11,12,14). The van der Waals surface area contributed by atoms with Gasteiger partial charge >= 0.3 is 0 Å². The lowest BCUT2D eigenvalue weighted by Gasteiger charge is -2.06. The fourth-order valence-corrected chi connectivity index (χ4v) is 2.07. The van der Waals surface area contributed by atoms with Crippen LogP contribution >= 0.6 is 23.6 Å². The molecule has 0 unspecified atom stereocenters. The summed E-state index contributed by atoms with van der Waals surface area (Å²) in [5, 5.41) is 9.58. The molecule has 0 aromatic carbocycles. The number of aromatic nitrogens is 1. The van der Waals surface area contributed by atoms with Gasteiger partial charge in [-0.25, -0.2) is 4.98 Å². The van der Waals surface area contributed by atoms with Crippen LogP contribution in [0.4, 0.5) is 5.13 Å². The SMILES string of the molecule is CCNC(=S)Nc1nc(CN(C)C)cs1. The normalized spacial score (nSPS) is 10.4. The zero-order chi connectivity index (χ0) is 11.3. The van der Waals surface area contributed by atoms with E-state index in [0.717, 1.165) is 23.9 Å². The molecule has 1 rings (SSSR count). The first-order valence-electron chi connectivity index (χ1n) is 4.75. The summed E-state index contributed by atoms with van der Waals surface area (Å²) in [7, 11) is 4.05. The van der Waals surface area contributed by atoms with Crippen LogP contribution < -0.4 is 10.6 Å². The topological polar surface area (TPSA) is 40.2 Å². The van der Waals surface area contributed by atoms with Crippen LogP contribution in [-0.4, -0.2) is 35.6 Å². The average Bonchev–Trinajstić information content (AvgIpc) is 2.51. The van der Waals surface area contributed by atoms with Crippen LogP contribution in [-0.2, 0) is 6.54 Å². The van der Waals surface area contributed by atoms with E-state index >= 15 is 0 Å². The minimum atomic E-state index is 0.628. The highest BCUT2D eigenvalue weighted by Gasteiger charge is 2.03. The summed E-state index contributed by atoms with van der Waals surface area (Å²) < 4.78 is 0. The molecule has 0 bridgehead atoms. The summed E-state index contributed by atoms with van der Waals surface area (Å²) >= 11 is 6.64. The molecule has 0 spiro atoms. The van der Waals surface area contributed by atoms with E-state index in [9.17, 15) is 0 Å². The van der Waals surface area contributed by atoms with Gasteiger partial charge < -0.3 is 15.5 Å². The van der Waals surface area contributed by atoms with E-state index in [4.69, 9.17) is 12.2 Å². The van der Waals surface area contributed by atoms with Crippen molar-refractivity contribution in [2.45, 2.75) is 13.5 Å². The molecule has 0 aliphatic rings. The maximum Gasteiger partial charge on any atom is 0.189 e. The Kier molecular flexibility index (Phi) is 4.93. The average molecular weight is 244 g/mol. The van der Waals surface area contributed by atoms with E-state index in [1.807, 2.05) is 26.4 Å². The Balaban J connectivity index is 2.49. The van der Waals surface area contributed by atoms with Crippen molar-refractivity contribution in [1.82, 2.24) is 15.2 Å². The molecule has 1 aromatic heterocycles. The van der Waals surface area contributed by atoms with Gasteiger partial charge in [-0.05, 0) is 33.2 Å². The van der Waals surface area contributed by atoms with Crippen LogP contribution in [0.25, 0.3) is 0 Å². The molecule has 0 saturated heterocycles. The molecule has 2 N–H and O–H groups in total. The smallest absolute Gasteiger partial charge is 0.189 e. The molecular weight excluding hydrogens is 228 g/mol. The van der Waals surface area contributed by atoms with Crippen molar-refractivity contribution in [3.05, 3.63) is 11.1 Å². The molecule has 0 aliphatic heterocycles. The predicted octanol–water partition coefficient (Wildman–Crippen LogP) is 1.51. The third kappa shape index (κ3) is 4.55. The highest BCUT2D eigenvalue weighted by Crippen LogP contribution is 2.15. The van der Waals surface area contributed by atoms with Gasteiger partial charge in [0.1, 0.15) is 0 Å². The number of rotatable bonds is 4. The maximum atomic E-state index is 5.07. The van der Waals surface area contributed by atoms with Gasteiger partial charge in [0, 0.05) is 18.5 Å². The Hall–Kier alpha value is -0.720. The second kappa shape index (κ2) is 5.99. The molecular formula is C9H16N4S2. The number of nitrogens with zero attached hydrogens (tertiary/aromatic N) is 2. The first-order valence-corrected chi connectivity index (χ1v) is 6.04. The molecule has 0 atom stereocenters.